The Labute approximate surface area is 74.9 Å². The van der Waals surface area contributed by atoms with Crippen molar-refractivity contribution in [3.05, 3.63) is 35.1 Å². The van der Waals surface area contributed by atoms with Crippen molar-refractivity contribution >= 4 is 23.2 Å². The Kier molecular flexibility index (Phi) is 3.16. The van der Waals surface area contributed by atoms with Crippen LogP contribution in [0, 0.1) is 11.9 Å². The van der Waals surface area contributed by atoms with E-state index in [4.69, 9.17) is 23.2 Å². The van der Waals surface area contributed by atoms with Crippen molar-refractivity contribution in [2.45, 2.75) is 11.8 Å². The summed E-state index contributed by atoms with van der Waals surface area (Å²) in [6, 6.07) is 5.54. The van der Waals surface area contributed by atoms with Gasteiger partial charge >= 0.3 is 0 Å². The van der Waals surface area contributed by atoms with Crippen molar-refractivity contribution < 1.29 is 4.39 Å². The zero-order valence-corrected chi connectivity index (χ0v) is 7.21. The minimum absolute atomic E-state index is 0.155. The molecule has 11 heavy (non-hydrogen) atoms. The molecule has 0 saturated carbocycles. The highest BCUT2D eigenvalue weighted by Crippen LogP contribution is 2.16. The number of hydrogen-bond donors (Lipinski definition) is 0. The van der Waals surface area contributed by atoms with Crippen molar-refractivity contribution in [2.24, 2.45) is 0 Å². The molecular formula is C8H6Cl2F. The normalized spacial score (nSPS) is 10.1. The fourth-order valence-corrected chi connectivity index (χ4v) is 1.35. The van der Waals surface area contributed by atoms with E-state index in [9.17, 15) is 4.39 Å². The van der Waals surface area contributed by atoms with E-state index in [0.29, 0.717) is 11.1 Å². The minimum Gasteiger partial charge on any atom is -0.207 e. The van der Waals surface area contributed by atoms with Gasteiger partial charge in [-0.3, -0.25) is 0 Å². The first-order valence-corrected chi connectivity index (χ1v) is 4.15. The molecule has 0 spiro atoms. The molecule has 1 rings (SSSR count). The van der Waals surface area contributed by atoms with E-state index in [2.05, 4.69) is 6.07 Å². The predicted molar refractivity (Wildman–Crippen MR) is 44.4 cm³/mol. The molecule has 0 heterocycles. The van der Waals surface area contributed by atoms with Crippen LogP contribution in [0.25, 0.3) is 0 Å². The van der Waals surface area contributed by atoms with Crippen molar-refractivity contribution in [2.75, 3.05) is 0 Å². The molecule has 0 fully saturated rings. The summed E-state index contributed by atoms with van der Waals surface area (Å²) in [4.78, 5) is 0. The fourth-order valence-electron chi connectivity index (χ4n) is 0.812. The molecule has 0 amide bonds. The third-order valence-electron chi connectivity index (χ3n) is 1.42. The first kappa shape index (κ1) is 8.82. The van der Waals surface area contributed by atoms with E-state index in [-0.39, 0.29) is 17.6 Å². The summed E-state index contributed by atoms with van der Waals surface area (Å²) in [6.45, 7) is 0. The predicted octanol–water partition coefficient (Wildman–Crippen LogP) is 3.10. The van der Waals surface area contributed by atoms with Gasteiger partial charge in [-0.25, -0.2) is 4.39 Å². The van der Waals surface area contributed by atoms with Crippen LogP contribution in [0.1, 0.15) is 11.1 Å². The first-order valence-electron chi connectivity index (χ1n) is 3.09. The van der Waals surface area contributed by atoms with Crippen LogP contribution in [0.3, 0.4) is 0 Å². The summed E-state index contributed by atoms with van der Waals surface area (Å²) in [6.07, 6.45) is 0. The van der Waals surface area contributed by atoms with Crippen LogP contribution in [-0.4, -0.2) is 0 Å². The second-order valence-electron chi connectivity index (χ2n) is 2.07. The lowest BCUT2D eigenvalue weighted by Gasteiger charge is -2.02. The average Bonchev–Trinajstić information content (AvgIpc) is 2.04. The third kappa shape index (κ3) is 1.85. The molecule has 3 heteroatoms. The highest BCUT2D eigenvalue weighted by Gasteiger charge is 2.05. The zero-order valence-electron chi connectivity index (χ0n) is 5.70. The fraction of sp³-hybridized carbons (Fsp3) is 0.250. The molecule has 0 aliphatic heterocycles. The second-order valence-corrected chi connectivity index (χ2v) is 2.61. The molecule has 1 aromatic carbocycles. The third-order valence-corrected chi connectivity index (χ3v) is 1.98. The monoisotopic (exact) mass is 191 g/mol. The van der Waals surface area contributed by atoms with E-state index in [1.165, 1.54) is 6.07 Å². The molecule has 59 valence electrons. The summed E-state index contributed by atoms with van der Waals surface area (Å²) >= 11 is 11.0. The average molecular weight is 192 g/mol. The Balaban J connectivity index is 3.13. The molecule has 0 aromatic heterocycles. The summed E-state index contributed by atoms with van der Waals surface area (Å²) < 4.78 is 12.9. The van der Waals surface area contributed by atoms with Crippen LogP contribution in [0.5, 0.6) is 0 Å². The maximum atomic E-state index is 12.9. The highest BCUT2D eigenvalue weighted by molar-refractivity contribution is 6.18. The Hall–Kier alpha value is -0.270. The van der Waals surface area contributed by atoms with Crippen LogP contribution in [0.2, 0.25) is 0 Å². The van der Waals surface area contributed by atoms with Crippen LogP contribution < -0.4 is 0 Å². The summed E-state index contributed by atoms with van der Waals surface area (Å²) in [5, 5.41) is 0. The SMILES string of the molecule is Fc1c[c]cc(CCl)c1CCl. The Morgan fingerprint density at radius 1 is 1.27 bits per heavy atom. The molecule has 0 aliphatic carbocycles. The van der Waals surface area contributed by atoms with Gasteiger partial charge < -0.3 is 0 Å². The highest BCUT2D eigenvalue weighted by atomic mass is 35.5. The first-order chi connectivity index (χ1) is 5.29. The van der Waals surface area contributed by atoms with Crippen LogP contribution in [0.15, 0.2) is 12.1 Å². The number of rotatable bonds is 2. The van der Waals surface area contributed by atoms with Gasteiger partial charge in [0.05, 0.1) is 5.88 Å². The topological polar surface area (TPSA) is 0 Å². The van der Waals surface area contributed by atoms with Gasteiger partial charge in [-0.05, 0) is 23.8 Å². The van der Waals surface area contributed by atoms with Gasteiger partial charge in [0.15, 0.2) is 0 Å². The molecule has 0 saturated heterocycles. The largest absolute Gasteiger partial charge is 0.207 e. The van der Waals surface area contributed by atoms with E-state index >= 15 is 0 Å². The van der Waals surface area contributed by atoms with Crippen molar-refractivity contribution in [3.8, 4) is 0 Å². The van der Waals surface area contributed by atoms with Crippen molar-refractivity contribution in [1.82, 2.24) is 0 Å². The number of halogens is 3. The summed E-state index contributed by atoms with van der Waals surface area (Å²) in [7, 11) is 0. The van der Waals surface area contributed by atoms with Gasteiger partial charge in [0.1, 0.15) is 5.82 Å². The number of hydrogen-bond acceptors (Lipinski definition) is 0. The van der Waals surface area contributed by atoms with E-state index in [1.807, 2.05) is 0 Å². The van der Waals surface area contributed by atoms with Gasteiger partial charge in [0, 0.05) is 11.4 Å². The molecule has 0 N–H and O–H groups in total. The van der Waals surface area contributed by atoms with Crippen LogP contribution >= 0.6 is 23.2 Å². The van der Waals surface area contributed by atoms with Gasteiger partial charge in [0.2, 0.25) is 0 Å². The van der Waals surface area contributed by atoms with Gasteiger partial charge in [-0.2, -0.15) is 0 Å². The maximum Gasteiger partial charge on any atom is 0.128 e. The minimum atomic E-state index is -0.335. The Bertz CT molecular complexity index is 248. The Morgan fingerprint density at radius 3 is 2.45 bits per heavy atom. The quantitative estimate of drug-likeness (QED) is 0.631. The van der Waals surface area contributed by atoms with E-state index in [1.54, 1.807) is 6.07 Å². The van der Waals surface area contributed by atoms with Gasteiger partial charge in [0.25, 0.3) is 0 Å². The molecular weight excluding hydrogens is 186 g/mol. The molecule has 0 unspecified atom stereocenters. The van der Waals surface area contributed by atoms with Crippen LogP contribution in [-0.2, 0) is 11.8 Å². The lowest BCUT2D eigenvalue weighted by Crippen LogP contribution is -1.92. The molecule has 1 aromatic rings. The zero-order chi connectivity index (χ0) is 8.27. The van der Waals surface area contributed by atoms with Crippen molar-refractivity contribution in [1.29, 1.82) is 0 Å². The molecule has 0 bridgehead atoms. The molecule has 0 atom stereocenters. The number of alkyl halides is 2. The second kappa shape index (κ2) is 3.93. The summed E-state index contributed by atoms with van der Waals surface area (Å²) in [5.41, 5.74) is 1.18. The number of benzene rings is 1. The van der Waals surface area contributed by atoms with Crippen LogP contribution in [0.4, 0.5) is 4.39 Å². The summed E-state index contributed by atoms with van der Waals surface area (Å²) in [5.74, 6) is 0.0944. The van der Waals surface area contributed by atoms with Gasteiger partial charge in [-0.1, -0.05) is 0 Å². The van der Waals surface area contributed by atoms with E-state index in [0.717, 1.165) is 0 Å². The maximum absolute atomic E-state index is 12.9. The Morgan fingerprint density at radius 2 is 2.00 bits per heavy atom. The molecule has 0 nitrogen and oxygen atoms in total. The van der Waals surface area contributed by atoms with Gasteiger partial charge in [-0.15, -0.1) is 23.2 Å². The lowest BCUT2D eigenvalue weighted by atomic mass is 10.1. The lowest BCUT2D eigenvalue weighted by molar-refractivity contribution is 0.614. The van der Waals surface area contributed by atoms with Crippen molar-refractivity contribution in [3.63, 3.8) is 0 Å². The molecule has 1 radical (unpaired) electrons. The smallest absolute Gasteiger partial charge is 0.128 e. The molecule has 0 aliphatic rings. The van der Waals surface area contributed by atoms with E-state index < -0.39 is 0 Å². The standard InChI is InChI=1S/C8H6Cl2F/c9-4-6-2-1-3-8(11)7(6)5-10/h2-3H,4-5H2.